The number of sulfonamides is 1. The number of esters is 1. The molecule has 2 rings (SSSR count). The van der Waals surface area contributed by atoms with Gasteiger partial charge in [0.2, 0.25) is 5.09 Å². The first-order chi connectivity index (χ1) is 9.97. The number of hydrogen-bond acceptors (Lipinski definition) is 6. The van der Waals surface area contributed by atoms with Gasteiger partial charge in [-0.1, -0.05) is 12.8 Å². The van der Waals surface area contributed by atoms with Gasteiger partial charge in [0.05, 0.1) is 12.7 Å². The maximum Gasteiger partial charge on any atom is 0.341 e. The lowest BCUT2D eigenvalue weighted by atomic mass is 9.99. The Morgan fingerprint density at radius 2 is 2.19 bits per heavy atom. The first kappa shape index (κ1) is 16.0. The van der Waals surface area contributed by atoms with Gasteiger partial charge in [0.25, 0.3) is 10.0 Å². The smallest absolute Gasteiger partial charge is 0.341 e. The van der Waals surface area contributed by atoms with Gasteiger partial charge in [0.15, 0.2) is 0 Å². The van der Waals surface area contributed by atoms with Crippen molar-refractivity contribution >= 4 is 16.0 Å². The molecule has 1 heterocycles. The van der Waals surface area contributed by atoms with Crippen LogP contribution in [-0.2, 0) is 14.8 Å². The van der Waals surface area contributed by atoms with Crippen molar-refractivity contribution in [2.24, 2.45) is 11.7 Å². The minimum absolute atomic E-state index is 0.0584. The van der Waals surface area contributed by atoms with E-state index in [1.807, 2.05) is 0 Å². The van der Waals surface area contributed by atoms with Crippen molar-refractivity contribution < 1.29 is 22.4 Å². The number of nitrogens with one attached hydrogen (secondary N) is 1. The molecule has 0 bridgehead atoms. The van der Waals surface area contributed by atoms with Crippen LogP contribution < -0.4 is 10.5 Å². The minimum Gasteiger partial charge on any atom is -0.465 e. The van der Waals surface area contributed by atoms with Gasteiger partial charge < -0.3 is 14.9 Å². The van der Waals surface area contributed by atoms with Crippen LogP contribution in [0.3, 0.4) is 0 Å². The molecule has 1 aliphatic rings. The third kappa shape index (κ3) is 3.63. The molecule has 1 saturated carbocycles. The van der Waals surface area contributed by atoms with E-state index in [2.05, 4.69) is 9.46 Å². The Kier molecular flexibility index (Phi) is 5.02. The topological polar surface area (TPSA) is 112 Å². The average molecular weight is 316 g/mol. The summed E-state index contributed by atoms with van der Waals surface area (Å²) < 4.78 is 36.6. The number of ether oxygens (including phenoxy) is 1. The summed E-state index contributed by atoms with van der Waals surface area (Å²) in [4.78, 5) is 11.3. The molecule has 118 valence electrons. The lowest BCUT2D eigenvalue weighted by Crippen LogP contribution is -2.44. The van der Waals surface area contributed by atoms with Gasteiger partial charge in [-0.25, -0.2) is 17.9 Å². The summed E-state index contributed by atoms with van der Waals surface area (Å²) in [5, 5.41) is -0.306. The molecule has 1 aromatic heterocycles. The van der Waals surface area contributed by atoms with Gasteiger partial charge in [0, 0.05) is 18.7 Å². The summed E-state index contributed by atoms with van der Waals surface area (Å²) in [6.07, 6.45) is 5.19. The molecule has 0 radical (unpaired) electrons. The molecule has 1 aliphatic carbocycles. The third-order valence-corrected chi connectivity index (χ3v) is 5.15. The van der Waals surface area contributed by atoms with Crippen LogP contribution in [0.4, 0.5) is 0 Å². The number of carbonyl (C=O) groups excluding carboxylic acids is 1. The molecule has 3 N–H and O–H groups in total. The van der Waals surface area contributed by atoms with E-state index < -0.39 is 16.0 Å². The Labute approximate surface area is 123 Å². The summed E-state index contributed by atoms with van der Waals surface area (Å²) in [6, 6.07) is 0.834. The highest BCUT2D eigenvalue weighted by molar-refractivity contribution is 7.89. The average Bonchev–Trinajstić information content (AvgIpc) is 3.14. The molecular weight excluding hydrogens is 296 g/mol. The van der Waals surface area contributed by atoms with E-state index in [4.69, 9.17) is 10.2 Å². The second-order valence-electron chi connectivity index (χ2n) is 5.15. The predicted molar refractivity (Wildman–Crippen MR) is 75.2 cm³/mol. The van der Waals surface area contributed by atoms with Gasteiger partial charge in [0.1, 0.15) is 6.26 Å². The Morgan fingerprint density at radius 3 is 2.76 bits per heavy atom. The van der Waals surface area contributed by atoms with Crippen molar-refractivity contribution in [1.82, 2.24) is 4.72 Å². The molecule has 0 spiro atoms. The SMILES string of the molecule is COC(=O)c1coc(S(=O)(=O)NC(CN)C2CCCC2)c1. The molecule has 1 unspecified atom stereocenters. The number of rotatable bonds is 6. The highest BCUT2D eigenvalue weighted by atomic mass is 32.2. The fourth-order valence-corrected chi connectivity index (χ4v) is 3.90. The van der Waals surface area contributed by atoms with Crippen LogP contribution in [0.2, 0.25) is 0 Å². The molecule has 1 fully saturated rings. The van der Waals surface area contributed by atoms with Crippen LogP contribution in [0.25, 0.3) is 0 Å². The van der Waals surface area contributed by atoms with Gasteiger partial charge in [-0.05, 0) is 18.8 Å². The van der Waals surface area contributed by atoms with E-state index in [0.29, 0.717) is 0 Å². The van der Waals surface area contributed by atoms with Crippen LogP contribution in [0.1, 0.15) is 36.0 Å². The third-order valence-electron chi connectivity index (χ3n) is 3.79. The Hall–Kier alpha value is -1.38. The van der Waals surface area contributed by atoms with E-state index in [0.717, 1.165) is 38.0 Å². The number of methoxy groups -OCH3 is 1. The van der Waals surface area contributed by atoms with Crippen LogP contribution in [0, 0.1) is 5.92 Å². The van der Waals surface area contributed by atoms with Crippen LogP contribution in [0.5, 0.6) is 0 Å². The Morgan fingerprint density at radius 1 is 1.52 bits per heavy atom. The zero-order chi connectivity index (χ0) is 15.5. The largest absolute Gasteiger partial charge is 0.465 e. The molecule has 21 heavy (non-hydrogen) atoms. The standard InChI is InChI=1S/C13H20N2O5S/c1-19-13(16)10-6-12(20-8-10)21(17,18)15-11(7-14)9-4-2-3-5-9/h6,8-9,11,15H,2-5,7,14H2,1H3. The van der Waals surface area contributed by atoms with Crippen molar-refractivity contribution in [3.05, 3.63) is 17.9 Å². The molecular formula is C13H20N2O5S. The summed E-state index contributed by atoms with van der Waals surface area (Å²) in [5.41, 5.74) is 5.74. The summed E-state index contributed by atoms with van der Waals surface area (Å²) in [5.74, 6) is -0.397. The molecule has 0 saturated heterocycles. The van der Waals surface area contributed by atoms with Crippen molar-refractivity contribution in [2.75, 3.05) is 13.7 Å². The van der Waals surface area contributed by atoms with Crippen molar-refractivity contribution in [3.63, 3.8) is 0 Å². The molecule has 7 nitrogen and oxygen atoms in total. The normalized spacial score (nSPS) is 17.8. The van der Waals surface area contributed by atoms with Crippen molar-refractivity contribution in [3.8, 4) is 0 Å². The quantitative estimate of drug-likeness (QED) is 0.753. The zero-order valence-corrected chi connectivity index (χ0v) is 12.7. The molecule has 0 amide bonds. The van der Waals surface area contributed by atoms with E-state index in [-0.39, 0.29) is 29.2 Å². The first-order valence-electron chi connectivity index (χ1n) is 6.87. The molecule has 0 aliphatic heterocycles. The first-order valence-corrected chi connectivity index (χ1v) is 8.35. The maximum atomic E-state index is 12.3. The van der Waals surface area contributed by atoms with Crippen LogP contribution >= 0.6 is 0 Å². The van der Waals surface area contributed by atoms with Crippen molar-refractivity contribution in [1.29, 1.82) is 0 Å². The number of carbonyl (C=O) groups is 1. The van der Waals surface area contributed by atoms with E-state index in [1.54, 1.807) is 0 Å². The fourth-order valence-electron chi connectivity index (χ4n) is 2.64. The highest BCUT2D eigenvalue weighted by Crippen LogP contribution is 2.28. The van der Waals surface area contributed by atoms with E-state index in [9.17, 15) is 13.2 Å². The van der Waals surface area contributed by atoms with E-state index in [1.165, 1.54) is 7.11 Å². The minimum atomic E-state index is -3.83. The van der Waals surface area contributed by atoms with Gasteiger partial charge >= 0.3 is 5.97 Å². The monoisotopic (exact) mass is 316 g/mol. The highest BCUT2D eigenvalue weighted by Gasteiger charge is 2.30. The van der Waals surface area contributed by atoms with Crippen molar-refractivity contribution in [2.45, 2.75) is 36.8 Å². The number of nitrogens with two attached hydrogens (primary N) is 1. The second-order valence-corrected chi connectivity index (χ2v) is 6.80. The number of furan rings is 1. The van der Waals surface area contributed by atoms with Gasteiger partial charge in [-0.15, -0.1) is 0 Å². The van der Waals surface area contributed by atoms with Gasteiger partial charge in [-0.3, -0.25) is 0 Å². The maximum absolute atomic E-state index is 12.3. The zero-order valence-electron chi connectivity index (χ0n) is 11.9. The fraction of sp³-hybridized carbons (Fsp3) is 0.615. The van der Waals surface area contributed by atoms with Crippen LogP contribution in [-0.4, -0.2) is 34.1 Å². The second kappa shape index (κ2) is 6.59. The molecule has 1 atom stereocenters. The lowest BCUT2D eigenvalue weighted by Gasteiger charge is -2.22. The molecule has 0 aromatic carbocycles. The number of hydrogen-bond donors (Lipinski definition) is 2. The summed E-state index contributed by atoms with van der Waals surface area (Å²) in [7, 11) is -2.62. The Bertz CT molecular complexity index is 589. The van der Waals surface area contributed by atoms with E-state index >= 15 is 0 Å². The molecule has 1 aromatic rings. The predicted octanol–water partition coefficient (Wildman–Crippen LogP) is 0.862. The molecule has 8 heteroatoms. The summed E-state index contributed by atoms with van der Waals surface area (Å²) in [6.45, 7) is 0.231. The van der Waals surface area contributed by atoms with Crippen LogP contribution in [0.15, 0.2) is 21.8 Å². The Balaban J connectivity index is 2.13. The van der Waals surface area contributed by atoms with Gasteiger partial charge in [-0.2, -0.15) is 0 Å². The summed E-state index contributed by atoms with van der Waals surface area (Å²) >= 11 is 0. The lowest BCUT2D eigenvalue weighted by molar-refractivity contribution is 0.0600.